The Morgan fingerprint density at radius 3 is 3.00 bits per heavy atom. The van der Waals surface area contributed by atoms with E-state index in [-0.39, 0.29) is 10.9 Å². The lowest BCUT2D eigenvalue weighted by molar-refractivity contribution is -0.109. The number of rotatable bonds is 3. The number of aromatic hydroxyl groups is 1. The topological polar surface area (TPSA) is 37.3 Å². The van der Waals surface area contributed by atoms with Gasteiger partial charge in [-0.2, -0.15) is 0 Å². The molecule has 0 heterocycles. The number of carbonyl (C=O) groups excluding carboxylic acids is 1. The Bertz CT molecular complexity index is 388. The summed E-state index contributed by atoms with van der Waals surface area (Å²) in [5.74, 6) is 0.864. The standard InChI is InChI=1S/C11H11BrO2S/c1-8(13)15-6-2-3-9-7-10(12)4-5-11(9)14/h2-5,7,14H,6H2,1H3. The van der Waals surface area contributed by atoms with Crippen LogP contribution in [0.2, 0.25) is 0 Å². The number of phenols is 1. The lowest BCUT2D eigenvalue weighted by Crippen LogP contribution is -1.82. The third-order valence-corrected chi connectivity index (χ3v) is 2.93. The maximum atomic E-state index is 10.6. The minimum Gasteiger partial charge on any atom is -0.507 e. The maximum Gasteiger partial charge on any atom is 0.186 e. The fourth-order valence-electron chi connectivity index (χ4n) is 0.999. The van der Waals surface area contributed by atoms with Crippen LogP contribution in [0.5, 0.6) is 5.75 Å². The van der Waals surface area contributed by atoms with E-state index in [0.29, 0.717) is 5.75 Å². The Balaban J connectivity index is 2.63. The van der Waals surface area contributed by atoms with Gasteiger partial charge in [0, 0.05) is 22.7 Å². The molecule has 1 aromatic carbocycles. The average molecular weight is 287 g/mol. The monoisotopic (exact) mass is 286 g/mol. The van der Waals surface area contributed by atoms with Crippen LogP contribution in [0.25, 0.3) is 6.08 Å². The molecule has 0 aliphatic carbocycles. The minimum atomic E-state index is 0.0955. The summed E-state index contributed by atoms with van der Waals surface area (Å²) in [6.45, 7) is 1.54. The first-order valence-electron chi connectivity index (χ1n) is 4.38. The van der Waals surface area contributed by atoms with E-state index in [2.05, 4.69) is 15.9 Å². The predicted octanol–water partition coefficient (Wildman–Crippen LogP) is 3.45. The third-order valence-electron chi connectivity index (χ3n) is 1.67. The molecule has 0 unspecified atom stereocenters. The van der Waals surface area contributed by atoms with Crippen molar-refractivity contribution in [2.75, 3.05) is 5.75 Å². The molecule has 1 aromatic rings. The number of hydrogen-bond donors (Lipinski definition) is 1. The van der Waals surface area contributed by atoms with E-state index in [0.717, 1.165) is 10.0 Å². The molecule has 80 valence electrons. The van der Waals surface area contributed by atoms with Crippen LogP contribution in [0.3, 0.4) is 0 Å². The average Bonchev–Trinajstić information content (AvgIpc) is 2.17. The summed E-state index contributed by atoms with van der Waals surface area (Å²) < 4.78 is 0.916. The molecule has 0 aromatic heterocycles. The van der Waals surface area contributed by atoms with Crippen LogP contribution in [0.1, 0.15) is 12.5 Å². The van der Waals surface area contributed by atoms with Gasteiger partial charge in [0.2, 0.25) is 0 Å². The second kappa shape index (κ2) is 5.98. The fraction of sp³-hybridized carbons (Fsp3) is 0.182. The van der Waals surface area contributed by atoms with E-state index in [4.69, 9.17) is 0 Å². The summed E-state index contributed by atoms with van der Waals surface area (Å²) in [6, 6.07) is 5.23. The number of carbonyl (C=O) groups is 1. The van der Waals surface area contributed by atoms with Gasteiger partial charge in [-0.3, -0.25) is 4.79 Å². The highest BCUT2D eigenvalue weighted by molar-refractivity contribution is 9.10. The van der Waals surface area contributed by atoms with Crippen molar-refractivity contribution in [2.45, 2.75) is 6.92 Å². The van der Waals surface area contributed by atoms with Crippen LogP contribution in [0, 0.1) is 0 Å². The second-order valence-electron chi connectivity index (χ2n) is 2.91. The normalized spacial score (nSPS) is 10.8. The van der Waals surface area contributed by atoms with Crippen LogP contribution < -0.4 is 0 Å². The van der Waals surface area contributed by atoms with Crippen molar-refractivity contribution in [3.63, 3.8) is 0 Å². The summed E-state index contributed by atoms with van der Waals surface area (Å²) in [7, 11) is 0. The summed E-state index contributed by atoms with van der Waals surface area (Å²) in [5.41, 5.74) is 0.744. The molecule has 0 spiro atoms. The molecule has 2 nitrogen and oxygen atoms in total. The molecule has 0 bridgehead atoms. The maximum absolute atomic E-state index is 10.6. The second-order valence-corrected chi connectivity index (χ2v) is 5.02. The van der Waals surface area contributed by atoms with Crippen LogP contribution in [-0.2, 0) is 4.79 Å². The van der Waals surface area contributed by atoms with Gasteiger partial charge in [0.15, 0.2) is 5.12 Å². The zero-order valence-electron chi connectivity index (χ0n) is 8.24. The predicted molar refractivity (Wildman–Crippen MR) is 68.0 cm³/mol. The van der Waals surface area contributed by atoms with E-state index >= 15 is 0 Å². The number of halogens is 1. The highest BCUT2D eigenvalue weighted by Gasteiger charge is 1.97. The van der Waals surface area contributed by atoms with Gasteiger partial charge in [0.05, 0.1) is 0 Å². The van der Waals surface area contributed by atoms with Crippen molar-refractivity contribution in [1.82, 2.24) is 0 Å². The first-order valence-corrected chi connectivity index (χ1v) is 6.16. The van der Waals surface area contributed by atoms with Crippen LogP contribution in [0.4, 0.5) is 0 Å². The Morgan fingerprint density at radius 2 is 2.33 bits per heavy atom. The van der Waals surface area contributed by atoms with Crippen molar-refractivity contribution in [3.05, 3.63) is 34.3 Å². The van der Waals surface area contributed by atoms with E-state index in [9.17, 15) is 9.90 Å². The van der Waals surface area contributed by atoms with E-state index in [1.165, 1.54) is 18.7 Å². The van der Waals surface area contributed by atoms with Gasteiger partial charge in [-0.25, -0.2) is 0 Å². The SMILES string of the molecule is CC(=O)SCC=Cc1cc(Br)ccc1O. The zero-order valence-corrected chi connectivity index (χ0v) is 10.6. The molecule has 0 aliphatic rings. The molecule has 1 rings (SSSR count). The molecule has 0 fully saturated rings. The molecule has 0 atom stereocenters. The van der Waals surface area contributed by atoms with Crippen molar-refractivity contribution < 1.29 is 9.90 Å². The van der Waals surface area contributed by atoms with Crippen LogP contribution in [-0.4, -0.2) is 16.0 Å². The van der Waals surface area contributed by atoms with Crippen molar-refractivity contribution in [2.24, 2.45) is 0 Å². The molecule has 0 radical (unpaired) electrons. The van der Waals surface area contributed by atoms with E-state index in [1.807, 2.05) is 12.1 Å². The molecule has 4 heteroatoms. The first kappa shape index (κ1) is 12.3. The zero-order chi connectivity index (χ0) is 11.3. The fourth-order valence-corrected chi connectivity index (χ4v) is 1.81. The Labute approximate surface area is 102 Å². The molecule has 1 N–H and O–H groups in total. The number of thioether (sulfide) groups is 1. The Morgan fingerprint density at radius 1 is 1.60 bits per heavy atom. The summed E-state index contributed by atoms with van der Waals surface area (Å²) in [5, 5.41) is 9.59. The third kappa shape index (κ3) is 4.53. The number of phenolic OH excluding ortho intramolecular Hbond substituents is 1. The van der Waals surface area contributed by atoms with Gasteiger partial charge in [-0.15, -0.1) is 0 Å². The van der Waals surface area contributed by atoms with E-state index in [1.54, 1.807) is 18.2 Å². The van der Waals surface area contributed by atoms with Crippen molar-refractivity contribution >= 4 is 38.9 Å². The molecule has 0 saturated carbocycles. The highest BCUT2D eigenvalue weighted by atomic mass is 79.9. The first-order chi connectivity index (χ1) is 7.09. The van der Waals surface area contributed by atoms with Crippen molar-refractivity contribution in [3.8, 4) is 5.75 Å². The summed E-state index contributed by atoms with van der Waals surface area (Å²) in [6.07, 6.45) is 3.66. The van der Waals surface area contributed by atoms with Gasteiger partial charge >= 0.3 is 0 Å². The van der Waals surface area contributed by atoms with Gasteiger partial charge in [0.1, 0.15) is 5.75 Å². The van der Waals surface area contributed by atoms with Gasteiger partial charge in [0.25, 0.3) is 0 Å². The summed E-state index contributed by atoms with van der Waals surface area (Å²) >= 11 is 4.57. The molecule has 15 heavy (non-hydrogen) atoms. The molecular weight excluding hydrogens is 276 g/mol. The molecule has 0 saturated heterocycles. The quantitative estimate of drug-likeness (QED) is 0.925. The minimum absolute atomic E-state index is 0.0955. The van der Waals surface area contributed by atoms with E-state index < -0.39 is 0 Å². The summed E-state index contributed by atoms with van der Waals surface area (Å²) in [4.78, 5) is 10.6. The number of benzene rings is 1. The molecule has 0 amide bonds. The highest BCUT2D eigenvalue weighted by Crippen LogP contribution is 2.23. The van der Waals surface area contributed by atoms with Gasteiger partial charge in [-0.05, 0) is 18.2 Å². The molecule has 0 aliphatic heterocycles. The van der Waals surface area contributed by atoms with Crippen LogP contribution in [0.15, 0.2) is 28.7 Å². The van der Waals surface area contributed by atoms with Gasteiger partial charge in [-0.1, -0.05) is 39.8 Å². The van der Waals surface area contributed by atoms with Crippen LogP contribution >= 0.6 is 27.7 Å². The number of hydrogen-bond acceptors (Lipinski definition) is 3. The Kier molecular flexibility index (Phi) is 4.91. The largest absolute Gasteiger partial charge is 0.507 e. The van der Waals surface area contributed by atoms with Gasteiger partial charge < -0.3 is 5.11 Å². The lowest BCUT2D eigenvalue weighted by atomic mass is 10.2. The Hall–Kier alpha value is -0.740. The lowest BCUT2D eigenvalue weighted by Gasteiger charge is -1.99. The molecular formula is C11H11BrO2S. The van der Waals surface area contributed by atoms with Crippen molar-refractivity contribution in [1.29, 1.82) is 0 Å². The smallest absolute Gasteiger partial charge is 0.186 e.